The molecule has 1 aromatic heterocycles. The summed E-state index contributed by atoms with van der Waals surface area (Å²) in [4.78, 5) is 15.0. The topological polar surface area (TPSA) is 62.6 Å². The summed E-state index contributed by atoms with van der Waals surface area (Å²) in [6.07, 6.45) is 5.85. The summed E-state index contributed by atoms with van der Waals surface area (Å²) in [5.74, 6) is 7.19. The molecule has 1 N–H and O–H groups in total. The van der Waals surface area contributed by atoms with E-state index in [1.807, 2.05) is 6.07 Å². The molecule has 1 saturated carbocycles. The van der Waals surface area contributed by atoms with Crippen molar-refractivity contribution in [1.82, 2.24) is 10.2 Å². The fraction of sp³-hybridized carbons (Fsp3) is 0.684. The maximum atomic E-state index is 12.5. The lowest BCUT2D eigenvalue weighted by Gasteiger charge is -2.32. The smallest absolute Gasteiger partial charge is 0.254 e. The van der Waals surface area contributed by atoms with E-state index in [0.717, 1.165) is 43.2 Å². The summed E-state index contributed by atoms with van der Waals surface area (Å²) in [7, 11) is -1.83. The minimum atomic E-state index is -1.83. The van der Waals surface area contributed by atoms with Crippen molar-refractivity contribution in [3.8, 4) is 0 Å². The van der Waals surface area contributed by atoms with Crippen LogP contribution in [0.1, 0.15) is 54.6 Å². The lowest BCUT2D eigenvalue weighted by molar-refractivity contribution is 0.0929. The number of hydrogen-bond donors (Lipinski definition) is 1. The molecule has 4 rings (SSSR count). The van der Waals surface area contributed by atoms with Gasteiger partial charge in [0.25, 0.3) is 5.91 Å². The van der Waals surface area contributed by atoms with Crippen molar-refractivity contribution in [2.24, 2.45) is 5.92 Å². The number of furan rings is 1. The Morgan fingerprint density at radius 3 is 2.68 bits per heavy atom. The molecule has 0 radical (unpaired) electrons. The molecule has 138 valence electrons. The van der Waals surface area contributed by atoms with E-state index in [1.165, 1.54) is 12.8 Å². The number of hydrogen-bond acceptors (Lipinski definition) is 4. The molecule has 25 heavy (non-hydrogen) atoms. The van der Waals surface area contributed by atoms with Crippen LogP contribution in [0.25, 0.3) is 0 Å². The van der Waals surface area contributed by atoms with Gasteiger partial charge in [-0.15, -0.1) is 0 Å². The van der Waals surface area contributed by atoms with Crippen LogP contribution in [0.15, 0.2) is 16.7 Å². The standard InChI is InChI=1S/C19H28N2O3S/c1-13-10-21(16-5-7-25(2,23)8-6-16)11-17(13)20-19(22)15-9-18(24-12-15)14-3-4-14/h9,12-14,16-17H,2-8,10-11H2,1H3,(H,20,22)/t13-,16?,17+,25?/m1/s1. The number of carbonyl (C=O) groups is 1. The summed E-state index contributed by atoms with van der Waals surface area (Å²) in [6.45, 7) is 4.07. The number of rotatable bonds is 4. The van der Waals surface area contributed by atoms with Crippen LogP contribution in [-0.2, 0) is 9.52 Å². The number of nitrogens with one attached hydrogen (secondary N) is 1. The maximum Gasteiger partial charge on any atom is 0.254 e. The van der Waals surface area contributed by atoms with Crippen molar-refractivity contribution < 1.29 is 13.4 Å². The van der Waals surface area contributed by atoms with Gasteiger partial charge >= 0.3 is 0 Å². The van der Waals surface area contributed by atoms with E-state index in [-0.39, 0.29) is 11.9 Å². The van der Waals surface area contributed by atoms with Crippen molar-refractivity contribution in [2.75, 3.05) is 24.6 Å². The predicted molar refractivity (Wildman–Crippen MR) is 101 cm³/mol. The summed E-state index contributed by atoms with van der Waals surface area (Å²) >= 11 is 0. The molecule has 0 bridgehead atoms. The van der Waals surface area contributed by atoms with Crippen LogP contribution >= 0.6 is 0 Å². The Bertz CT molecular complexity index is 736. The molecule has 3 heterocycles. The van der Waals surface area contributed by atoms with Gasteiger partial charge in [0.2, 0.25) is 0 Å². The van der Waals surface area contributed by atoms with Gasteiger partial charge in [-0.05, 0) is 53.1 Å². The van der Waals surface area contributed by atoms with Gasteiger partial charge in [0.15, 0.2) is 0 Å². The molecule has 0 aromatic carbocycles. The molecule has 5 nitrogen and oxygen atoms in total. The van der Waals surface area contributed by atoms with Gasteiger partial charge in [-0.3, -0.25) is 13.9 Å². The highest BCUT2D eigenvalue weighted by molar-refractivity contribution is 8.00. The van der Waals surface area contributed by atoms with E-state index >= 15 is 0 Å². The Hall–Kier alpha value is -1.27. The normalized spacial score (nSPS) is 36.4. The van der Waals surface area contributed by atoms with Gasteiger partial charge in [0, 0.05) is 42.6 Å². The van der Waals surface area contributed by atoms with E-state index in [9.17, 15) is 9.00 Å². The third-order valence-electron chi connectivity index (χ3n) is 5.98. The first-order valence-corrected chi connectivity index (χ1v) is 11.4. The molecule has 1 amide bonds. The Kier molecular flexibility index (Phi) is 4.44. The lowest BCUT2D eigenvalue weighted by atomic mass is 10.1. The van der Waals surface area contributed by atoms with E-state index < -0.39 is 9.52 Å². The zero-order valence-electron chi connectivity index (χ0n) is 14.9. The SMILES string of the molecule is C=S1(=O)CCC(N2C[C@@H](C)[C@@H](NC(=O)c3coc(C4CC4)c3)C2)CC1. The molecular formula is C19H28N2O3S. The summed E-state index contributed by atoms with van der Waals surface area (Å²) in [5, 5.41) is 3.19. The van der Waals surface area contributed by atoms with Crippen LogP contribution in [0.4, 0.5) is 0 Å². The second kappa shape index (κ2) is 6.47. The van der Waals surface area contributed by atoms with Gasteiger partial charge in [0.05, 0.1) is 5.56 Å². The molecule has 2 aliphatic heterocycles. The minimum Gasteiger partial charge on any atom is -0.468 e. The molecule has 2 atom stereocenters. The lowest BCUT2D eigenvalue weighted by Crippen LogP contribution is -2.43. The molecule has 6 heteroatoms. The molecular weight excluding hydrogens is 336 g/mol. The zero-order chi connectivity index (χ0) is 17.6. The second-order valence-corrected chi connectivity index (χ2v) is 10.9. The summed E-state index contributed by atoms with van der Waals surface area (Å²) < 4.78 is 17.6. The number of carbonyl (C=O) groups excluding carboxylic acids is 1. The molecule has 0 spiro atoms. The van der Waals surface area contributed by atoms with Crippen LogP contribution < -0.4 is 5.32 Å². The predicted octanol–water partition coefficient (Wildman–Crippen LogP) is 2.09. The Balaban J connectivity index is 1.34. The largest absolute Gasteiger partial charge is 0.468 e. The van der Waals surface area contributed by atoms with Gasteiger partial charge < -0.3 is 9.73 Å². The highest BCUT2D eigenvalue weighted by Gasteiger charge is 2.36. The average molecular weight is 365 g/mol. The van der Waals surface area contributed by atoms with Gasteiger partial charge in [0.1, 0.15) is 12.0 Å². The fourth-order valence-corrected chi connectivity index (χ4v) is 5.72. The maximum absolute atomic E-state index is 12.5. The fourth-order valence-electron chi connectivity index (χ4n) is 4.11. The Labute approximate surface area is 150 Å². The molecule has 1 aromatic rings. The highest BCUT2D eigenvalue weighted by atomic mass is 32.2. The second-order valence-electron chi connectivity index (χ2n) is 8.13. The Morgan fingerprint density at radius 1 is 1.28 bits per heavy atom. The number of amides is 1. The Morgan fingerprint density at radius 2 is 2.00 bits per heavy atom. The molecule has 0 unspecified atom stereocenters. The van der Waals surface area contributed by atoms with Crippen LogP contribution in [-0.4, -0.2) is 57.6 Å². The van der Waals surface area contributed by atoms with Gasteiger partial charge in [-0.1, -0.05) is 6.92 Å². The minimum absolute atomic E-state index is 0.0289. The summed E-state index contributed by atoms with van der Waals surface area (Å²) in [6, 6.07) is 2.55. The van der Waals surface area contributed by atoms with E-state index in [1.54, 1.807) is 6.26 Å². The van der Waals surface area contributed by atoms with E-state index in [2.05, 4.69) is 23.0 Å². The molecule has 3 fully saturated rings. The zero-order valence-corrected chi connectivity index (χ0v) is 15.7. The first kappa shape index (κ1) is 17.2. The third kappa shape index (κ3) is 3.80. The van der Waals surface area contributed by atoms with Crippen LogP contribution in [0.2, 0.25) is 0 Å². The van der Waals surface area contributed by atoms with Crippen molar-refractivity contribution in [2.45, 2.75) is 50.6 Å². The summed E-state index contributed by atoms with van der Waals surface area (Å²) in [5.41, 5.74) is 0.641. The quantitative estimate of drug-likeness (QED) is 0.831. The first-order valence-electron chi connectivity index (χ1n) is 9.37. The number of likely N-dealkylation sites (tertiary alicyclic amines) is 1. The van der Waals surface area contributed by atoms with Crippen molar-refractivity contribution in [3.63, 3.8) is 0 Å². The molecule has 1 aliphatic carbocycles. The van der Waals surface area contributed by atoms with Crippen molar-refractivity contribution in [1.29, 1.82) is 0 Å². The molecule has 3 aliphatic rings. The molecule has 2 saturated heterocycles. The van der Waals surface area contributed by atoms with E-state index in [4.69, 9.17) is 4.42 Å². The highest BCUT2D eigenvalue weighted by Crippen LogP contribution is 2.40. The van der Waals surface area contributed by atoms with Gasteiger partial charge in [-0.25, -0.2) is 0 Å². The monoisotopic (exact) mass is 364 g/mol. The van der Waals surface area contributed by atoms with Crippen LogP contribution in [0, 0.1) is 5.92 Å². The van der Waals surface area contributed by atoms with Crippen molar-refractivity contribution in [3.05, 3.63) is 23.7 Å². The number of nitrogens with zero attached hydrogens (tertiary/aromatic N) is 1. The van der Waals surface area contributed by atoms with Crippen LogP contribution in [0.5, 0.6) is 0 Å². The van der Waals surface area contributed by atoms with Crippen molar-refractivity contribution >= 4 is 21.3 Å². The average Bonchev–Trinajstić information content (AvgIpc) is 3.18. The third-order valence-corrected chi connectivity index (χ3v) is 7.94. The van der Waals surface area contributed by atoms with E-state index in [0.29, 0.717) is 23.4 Å². The van der Waals surface area contributed by atoms with Crippen LogP contribution in [0.3, 0.4) is 0 Å². The van der Waals surface area contributed by atoms with Gasteiger partial charge in [-0.2, -0.15) is 0 Å². The first-order chi connectivity index (χ1) is 11.9.